The molecule has 0 radical (unpaired) electrons. The van der Waals surface area contributed by atoms with E-state index in [0.717, 1.165) is 12.0 Å². The SMILES string of the molecule is CCCCCCCCCCCCC(NC)C1CC1(C)C. The molecule has 0 aliphatic heterocycles. The molecule has 1 fully saturated rings. The third-order valence-electron chi connectivity index (χ3n) is 5.31. The average molecular weight is 282 g/mol. The Balaban J connectivity index is 1.87. The van der Waals surface area contributed by atoms with Crippen molar-refractivity contribution in [1.82, 2.24) is 5.32 Å². The maximum Gasteiger partial charge on any atom is 0.00976 e. The largest absolute Gasteiger partial charge is 0.317 e. The topological polar surface area (TPSA) is 12.0 Å². The summed E-state index contributed by atoms with van der Waals surface area (Å²) in [6.07, 6.45) is 17.3. The first-order valence-corrected chi connectivity index (χ1v) is 9.29. The first-order valence-electron chi connectivity index (χ1n) is 9.29. The minimum Gasteiger partial charge on any atom is -0.317 e. The normalized spacial score (nSPS) is 21.9. The molecule has 0 aromatic heterocycles. The van der Waals surface area contributed by atoms with Crippen LogP contribution in [0.25, 0.3) is 0 Å². The van der Waals surface area contributed by atoms with Gasteiger partial charge in [-0.3, -0.25) is 0 Å². The third kappa shape index (κ3) is 7.11. The summed E-state index contributed by atoms with van der Waals surface area (Å²) in [4.78, 5) is 0. The van der Waals surface area contributed by atoms with E-state index in [1.54, 1.807) is 0 Å². The standard InChI is InChI=1S/C19H39N/c1-5-6-7-8-9-10-11-12-13-14-15-18(20-4)17-16-19(17,2)3/h17-18,20H,5-16H2,1-4H3. The summed E-state index contributed by atoms with van der Waals surface area (Å²) in [5.41, 5.74) is 0.617. The molecule has 1 heteroatoms. The Morgan fingerprint density at radius 2 is 1.35 bits per heavy atom. The van der Waals surface area contributed by atoms with Crippen LogP contribution in [-0.2, 0) is 0 Å². The van der Waals surface area contributed by atoms with Crippen LogP contribution in [0.15, 0.2) is 0 Å². The highest BCUT2D eigenvalue weighted by Crippen LogP contribution is 2.54. The van der Waals surface area contributed by atoms with Crippen LogP contribution in [0.5, 0.6) is 0 Å². The Bertz CT molecular complexity index is 234. The lowest BCUT2D eigenvalue weighted by Crippen LogP contribution is -2.29. The predicted octanol–water partition coefficient (Wildman–Crippen LogP) is 5.93. The van der Waals surface area contributed by atoms with E-state index in [-0.39, 0.29) is 0 Å². The monoisotopic (exact) mass is 281 g/mol. The second-order valence-electron chi connectivity index (χ2n) is 7.67. The van der Waals surface area contributed by atoms with E-state index in [2.05, 4.69) is 33.1 Å². The summed E-state index contributed by atoms with van der Waals surface area (Å²) < 4.78 is 0. The zero-order valence-corrected chi connectivity index (χ0v) is 14.6. The van der Waals surface area contributed by atoms with Gasteiger partial charge < -0.3 is 5.32 Å². The van der Waals surface area contributed by atoms with Gasteiger partial charge in [0.2, 0.25) is 0 Å². The first-order chi connectivity index (χ1) is 9.61. The van der Waals surface area contributed by atoms with E-state index < -0.39 is 0 Å². The quantitative estimate of drug-likeness (QED) is 0.412. The summed E-state index contributed by atoms with van der Waals surface area (Å²) in [6, 6.07) is 0.777. The molecule has 0 saturated heterocycles. The molecule has 0 aromatic rings. The molecule has 0 amide bonds. The molecular weight excluding hydrogens is 242 g/mol. The summed E-state index contributed by atoms with van der Waals surface area (Å²) >= 11 is 0. The van der Waals surface area contributed by atoms with Gasteiger partial charge in [-0.2, -0.15) is 0 Å². The number of hydrogen-bond acceptors (Lipinski definition) is 1. The second kappa shape index (κ2) is 9.82. The zero-order valence-electron chi connectivity index (χ0n) is 14.6. The molecule has 1 N–H and O–H groups in total. The van der Waals surface area contributed by atoms with Crippen molar-refractivity contribution in [2.75, 3.05) is 7.05 Å². The average Bonchev–Trinajstić information content (AvgIpc) is 3.05. The van der Waals surface area contributed by atoms with E-state index in [0.29, 0.717) is 5.41 Å². The molecule has 2 atom stereocenters. The van der Waals surface area contributed by atoms with Gasteiger partial charge >= 0.3 is 0 Å². The number of nitrogens with one attached hydrogen (secondary N) is 1. The van der Waals surface area contributed by atoms with Crippen molar-refractivity contribution >= 4 is 0 Å². The Morgan fingerprint density at radius 1 is 0.900 bits per heavy atom. The first kappa shape index (κ1) is 18.0. The van der Waals surface area contributed by atoms with Gasteiger partial charge in [0.1, 0.15) is 0 Å². The van der Waals surface area contributed by atoms with Crippen molar-refractivity contribution in [3.63, 3.8) is 0 Å². The molecule has 0 heterocycles. The van der Waals surface area contributed by atoms with Crippen LogP contribution < -0.4 is 5.32 Å². The molecule has 1 aliphatic carbocycles. The smallest absolute Gasteiger partial charge is 0.00976 e. The Labute approximate surface area is 128 Å². The van der Waals surface area contributed by atoms with Crippen LogP contribution in [-0.4, -0.2) is 13.1 Å². The van der Waals surface area contributed by atoms with Gasteiger partial charge in [-0.1, -0.05) is 85.0 Å². The molecule has 0 bridgehead atoms. The lowest BCUT2D eigenvalue weighted by atomic mass is 9.98. The van der Waals surface area contributed by atoms with E-state index in [1.807, 2.05) is 0 Å². The molecule has 0 spiro atoms. The highest BCUT2D eigenvalue weighted by Gasteiger charge is 2.49. The summed E-state index contributed by atoms with van der Waals surface area (Å²) in [7, 11) is 2.15. The van der Waals surface area contributed by atoms with Gasteiger partial charge in [-0.15, -0.1) is 0 Å². The van der Waals surface area contributed by atoms with E-state index in [4.69, 9.17) is 0 Å². The lowest BCUT2D eigenvalue weighted by Gasteiger charge is -2.17. The van der Waals surface area contributed by atoms with Crippen molar-refractivity contribution < 1.29 is 0 Å². The van der Waals surface area contributed by atoms with Crippen LogP contribution >= 0.6 is 0 Å². The maximum atomic E-state index is 3.55. The minimum atomic E-state index is 0.617. The van der Waals surface area contributed by atoms with Gasteiger partial charge in [0.05, 0.1) is 0 Å². The van der Waals surface area contributed by atoms with Gasteiger partial charge in [-0.25, -0.2) is 0 Å². The molecule has 1 saturated carbocycles. The maximum absolute atomic E-state index is 3.55. The Kier molecular flexibility index (Phi) is 8.84. The fourth-order valence-electron chi connectivity index (χ4n) is 3.59. The zero-order chi connectivity index (χ0) is 14.8. The lowest BCUT2D eigenvalue weighted by molar-refractivity contribution is 0.391. The summed E-state index contributed by atoms with van der Waals surface area (Å²) in [5.74, 6) is 0.936. The molecule has 120 valence electrons. The van der Waals surface area contributed by atoms with Crippen molar-refractivity contribution in [1.29, 1.82) is 0 Å². The second-order valence-corrected chi connectivity index (χ2v) is 7.67. The molecule has 0 aromatic carbocycles. The van der Waals surface area contributed by atoms with E-state index >= 15 is 0 Å². The van der Waals surface area contributed by atoms with Crippen LogP contribution in [0, 0.1) is 11.3 Å². The van der Waals surface area contributed by atoms with Gasteiger partial charge in [-0.05, 0) is 31.2 Å². The highest BCUT2D eigenvalue weighted by atomic mass is 14.9. The molecule has 1 nitrogen and oxygen atoms in total. The van der Waals surface area contributed by atoms with Crippen LogP contribution in [0.4, 0.5) is 0 Å². The molecule has 1 rings (SSSR count). The molecular formula is C19H39N. The van der Waals surface area contributed by atoms with Crippen molar-refractivity contribution in [2.24, 2.45) is 11.3 Å². The van der Waals surface area contributed by atoms with Crippen LogP contribution in [0.1, 0.15) is 97.8 Å². The van der Waals surface area contributed by atoms with Crippen molar-refractivity contribution in [3.8, 4) is 0 Å². The number of unbranched alkanes of at least 4 members (excludes halogenated alkanes) is 9. The van der Waals surface area contributed by atoms with Gasteiger partial charge in [0.25, 0.3) is 0 Å². The predicted molar refractivity (Wildman–Crippen MR) is 91.2 cm³/mol. The minimum absolute atomic E-state index is 0.617. The van der Waals surface area contributed by atoms with Crippen LogP contribution in [0.2, 0.25) is 0 Å². The van der Waals surface area contributed by atoms with Gasteiger partial charge in [0.15, 0.2) is 0 Å². The summed E-state index contributed by atoms with van der Waals surface area (Å²) in [5, 5.41) is 3.55. The highest BCUT2D eigenvalue weighted by molar-refractivity contribution is 5.01. The molecule has 20 heavy (non-hydrogen) atoms. The molecule has 1 aliphatic rings. The summed E-state index contributed by atoms with van der Waals surface area (Å²) in [6.45, 7) is 7.13. The third-order valence-corrected chi connectivity index (χ3v) is 5.31. The Morgan fingerprint density at radius 3 is 1.75 bits per heavy atom. The van der Waals surface area contributed by atoms with Crippen LogP contribution in [0.3, 0.4) is 0 Å². The fraction of sp³-hybridized carbons (Fsp3) is 1.00. The van der Waals surface area contributed by atoms with E-state index in [1.165, 1.54) is 77.0 Å². The Hall–Kier alpha value is -0.0400. The van der Waals surface area contributed by atoms with Crippen molar-refractivity contribution in [3.05, 3.63) is 0 Å². The van der Waals surface area contributed by atoms with Crippen molar-refractivity contribution in [2.45, 2.75) is 104 Å². The number of hydrogen-bond donors (Lipinski definition) is 1. The fourth-order valence-corrected chi connectivity index (χ4v) is 3.59. The number of rotatable bonds is 13. The van der Waals surface area contributed by atoms with E-state index in [9.17, 15) is 0 Å². The molecule has 2 unspecified atom stereocenters. The van der Waals surface area contributed by atoms with Gasteiger partial charge in [0, 0.05) is 6.04 Å².